The molecule has 2 amide bonds. The number of benzene rings is 2. The molecule has 4 N–H and O–H groups in total. The molecule has 0 radical (unpaired) electrons. The molecule has 0 spiro atoms. The molecule has 1 heterocycles. The zero-order valence-electron chi connectivity index (χ0n) is 13.0. The van der Waals surface area contributed by atoms with Crippen LogP contribution in [0.4, 0.5) is 5.69 Å². The van der Waals surface area contributed by atoms with Crippen LogP contribution in [0.25, 0.3) is 0 Å². The van der Waals surface area contributed by atoms with Gasteiger partial charge in [-0.05, 0) is 35.7 Å². The molecule has 2 atom stereocenters. The van der Waals surface area contributed by atoms with Gasteiger partial charge in [-0.3, -0.25) is 9.59 Å². The van der Waals surface area contributed by atoms with Crippen LogP contribution in [0.3, 0.4) is 0 Å². The topological polar surface area (TPSA) is 89.4 Å². The molecule has 0 fully saturated rings. The summed E-state index contributed by atoms with van der Waals surface area (Å²) in [6.07, 6.45) is 0.436. The maximum absolute atomic E-state index is 12.7. The number of hydrogen-bond donors (Lipinski definition) is 2. The van der Waals surface area contributed by atoms with Gasteiger partial charge in [-0.15, -0.1) is 0 Å². The van der Waals surface area contributed by atoms with Gasteiger partial charge in [0.05, 0.1) is 6.04 Å². The average molecular weight is 344 g/mol. The van der Waals surface area contributed by atoms with Crippen molar-refractivity contribution < 1.29 is 9.59 Å². The fourth-order valence-electron chi connectivity index (χ4n) is 3.19. The van der Waals surface area contributed by atoms with Crippen molar-refractivity contribution >= 4 is 29.1 Å². The Labute approximate surface area is 145 Å². The van der Waals surface area contributed by atoms with Crippen LogP contribution in [-0.4, -0.2) is 24.4 Å². The average Bonchev–Trinajstić information content (AvgIpc) is 2.65. The van der Waals surface area contributed by atoms with E-state index in [-0.39, 0.29) is 18.4 Å². The van der Waals surface area contributed by atoms with Crippen LogP contribution in [0.1, 0.15) is 23.5 Å². The standard InChI is InChI=1S/C18H18ClN3O2/c19-12-5-3-4-11(8-12)14-9-15(20)18(24)22(10-17(21)23)16-7-2-1-6-13(14)16/h1-8,14-15H,9-10,20H2,(H2,21,23). The Morgan fingerprint density at radius 1 is 1.21 bits per heavy atom. The number of primary amides is 1. The highest BCUT2D eigenvalue weighted by molar-refractivity contribution is 6.30. The minimum atomic E-state index is -0.722. The lowest BCUT2D eigenvalue weighted by atomic mass is 9.86. The van der Waals surface area contributed by atoms with Crippen molar-refractivity contribution in [3.05, 3.63) is 64.7 Å². The summed E-state index contributed by atoms with van der Waals surface area (Å²) >= 11 is 6.12. The second-order valence-corrected chi connectivity index (χ2v) is 6.34. The van der Waals surface area contributed by atoms with Crippen LogP contribution in [0, 0.1) is 0 Å². The summed E-state index contributed by atoms with van der Waals surface area (Å²) in [4.78, 5) is 25.4. The van der Waals surface area contributed by atoms with E-state index in [0.717, 1.165) is 11.1 Å². The fraction of sp³-hybridized carbons (Fsp3) is 0.222. The van der Waals surface area contributed by atoms with Crippen LogP contribution in [0.5, 0.6) is 0 Å². The smallest absolute Gasteiger partial charge is 0.244 e. The quantitative estimate of drug-likeness (QED) is 0.893. The van der Waals surface area contributed by atoms with Crippen LogP contribution < -0.4 is 16.4 Å². The van der Waals surface area contributed by atoms with Crippen molar-refractivity contribution in [2.45, 2.75) is 18.4 Å². The van der Waals surface area contributed by atoms with Gasteiger partial charge in [0.2, 0.25) is 11.8 Å². The van der Waals surface area contributed by atoms with Gasteiger partial charge in [0, 0.05) is 16.6 Å². The van der Waals surface area contributed by atoms with E-state index in [9.17, 15) is 9.59 Å². The number of carbonyl (C=O) groups is 2. The molecular formula is C18H18ClN3O2. The summed E-state index contributed by atoms with van der Waals surface area (Å²) in [6.45, 7) is -0.189. The summed E-state index contributed by atoms with van der Waals surface area (Å²) in [7, 11) is 0. The number of rotatable bonds is 3. The van der Waals surface area contributed by atoms with Crippen LogP contribution in [-0.2, 0) is 9.59 Å². The Hall–Kier alpha value is -2.37. The Kier molecular flexibility index (Phi) is 4.55. The number of hydrogen-bond acceptors (Lipinski definition) is 3. The molecule has 0 aromatic heterocycles. The molecule has 3 rings (SSSR count). The van der Waals surface area contributed by atoms with Crippen LogP contribution >= 0.6 is 11.6 Å². The highest BCUT2D eigenvalue weighted by atomic mass is 35.5. The SMILES string of the molecule is NC(=O)CN1C(=O)C(N)CC(c2cccc(Cl)c2)c2ccccc21. The van der Waals surface area contributed by atoms with Gasteiger partial charge in [-0.25, -0.2) is 0 Å². The molecule has 1 aliphatic rings. The third-order valence-corrected chi connectivity index (χ3v) is 4.48. The van der Waals surface area contributed by atoms with Crippen molar-refractivity contribution in [3.63, 3.8) is 0 Å². The fourth-order valence-corrected chi connectivity index (χ4v) is 3.39. The molecular weight excluding hydrogens is 326 g/mol. The van der Waals surface area contributed by atoms with Gasteiger partial charge in [0.1, 0.15) is 6.54 Å². The van der Waals surface area contributed by atoms with Crippen molar-refractivity contribution in [2.75, 3.05) is 11.4 Å². The number of nitrogens with two attached hydrogens (primary N) is 2. The molecule has 5 nitrogen and oxygen atoms in total. The summed E-state index contributed by atoms with van der Waals surface area (Å²) in [5, 5.41) is 0.628. The van der Waals surface area contributed by atoms with E-state index in [4.69, 9.17) is 23.1 Å². The number of carbonyl (C=O) groups excluding carboxylic acids is 2. The van der Waals surface area contributed by atoms with Gasteiger partial charge in [-0.2, -0.15) is 0 Å². The van der Waals surface area contributed by atoms with Gasteiger partial charge in [-0.1, -0.05) is 41.9 Å². The molecule has 0 saturated carbocycles. The Bertz CT molecular complexity index is 793. The highest BCUT2D eigenvalue weighted by Gasteiger charge is 2.34. The number of fused-ring (bicyclic) bond motifs is 1. The van der Waals surface area contributed by atoms with E-state index in [0.29, 0.717) is 17.1 Å². The normalized spacial score (nSPS) is 20.4. The van der Waals surface area contributed by atoms with E-state index in [2.05, 4.69) is 0 Å². The minimum absolute atomic E-state index is 0.0864. The first kappa shape index (κ1) is 16.5. The summed E-state index contributed by atoms with van der Waals surface area (Å²) in [6, 6.07) is 14.3. The lowest BCUT2D eigenvalue weighted by Crippen LogP contribution is -2.46. The Morgan fingerprint density at radius 3 is 2.67 bits per heavy atom. The zero-order valence-corrected chi connectivity index (χ0v) is 13.7. The molecule has 2 aromatic rings. The monoisotopic (exact) mass is 343 g/mol. The van der Waals surface area contributed by atoms with Crippen molar-refractivity contribution in [2.24, 2.45) is 11.5 Å². The second kappa shape index (κ2) is 6.63. The lowest BCUT2D eigenvalue weighted by Gasteiger charge is -2.23. The minimum Gasteiger partial charge on any atom is -0.368 e. The Balaban J connectivity index is 2.14. The van der Waals surface area contributed by atoms with E-state index in [1.807, 2.05) is 42.5 Å². The first-order valence-electron chi connectivity index (χ1n) is 7.67. The first-order valence-corrected chi connectivity index (χ1v) is 8.05. The van der Waals surface area contributed by atoms with Gasteiger partial charge in [0.25, 0.3) is 0 Å². The van der Waals surface area contributed by atoms with Crippen molar-refractivity contribution in [1.82, 2.24) is 0 Å². The first-order chi connectivity index (χ1) is 11.5. The summed E-state index contributed by atoms with van der Waals surface area (Å²) < 4.78 is 0. The molecule has 0 bridgehead atoms. The van der Waals surface area contributed by atoms with Gasteiger partial charge < -0.3 is 16.4 Å². The molecule has 6 heteroatoms. The van der Waals surface area contributed by atoms with Gasteiger partial charge >= 0.3 is 0 Å². The molecule has 1 aliphatic heterocycles. The largest absolute Gasteiger partial charge is 0.368 e. The van der Waals surface area contributed by atoms with E-state index < -0.39 is 11.9 Å². The molecule has 24 heavy (non-hydrogen) atoms. The molecule has 2 unspecified atom stereocenters. The predicted molar refractivity (Wildman–Crippen MR) is 93.9 cm³/mol. The third-order valence-electron chi connectivity index (χ3n) is 4.24. The Morgan fingerprint density at radius 2 is 1.96 bits per heavy atom. The van der Waals surface area contributed by atoms with Crippen LogP contribution in [0.15, 0.2) is 48.5 Å². The zero-order chi connectivity index (χ0) is 17.3. The van der Waals surface area contributed by atoms with E-state index in [1.54, 1.807) is 6.07 Å². The van der Waals surface area contributed by atoms with Gasteiger partial charge in [0.15, 0.2) is 0 Å². The summed E-state index contributed by atoms with van der Waals surface area (Å²) in [5.74, 6) is -0.964. The van der Waals surface area contributed by atoms with Crippen LogP contribution in [0.2, 0.25) is 5.02 Å². The van der Waals surface area contributed by atoms with Crippen molar-refractivity contribution in [1.29, 1.82) is 0 Å². The second-order valence-electron chi connectivity index (χ2n) is 5.90. The maximum atomic E-state index is 12.7. The molecule has 0 saturated heterocycles. The third kappa shape index (κ3) is 3.13. The van der Waals surface area contributed by atoms with E-state index in [1.165, 1.54) is 4.90 Å². The molecule has 0 aliphatic carbocycles. The van der Waals surface area contributed by atoms with E-state index >= 15 is 0 Å². The number of para-hydroxylation sites is 1. The predicted octanol–water partition coefficient (Wildman–Crippen LogP) is 2.02. The van der Waals surface area contributed by atoms with Crippen molar-refractivity contribution in [3.8, 4) is 0 Å². The summed E-state index contributed by atoms with van der Waals surface area (Å²) in [5.41, 5.74) is 14.0. The molecule has 124 valence electrons. The highest BCUT2D eigenvalue weighted by Crippen LogP contribution is 2.39. The lowest BCUT2D eigenvalue weighted by molar-refractivity contribution is -0.123. The number of amides is 2. The maximum Gasteiger partial charge on any atom is 0.244 e. The molecule has 2 aromatic carbocycles. The number of nitrogens with zero attached hydrogens (tertiary/aromatic N) is 1. The number of halogens is 1. The number of anilines is 1.